The average Bonchev–Trinajstić information content (AvgIpc) is 3.60. The predicted molar refractivity (Wildman–Crippen MR) is 161 cm³/mol. The number of carbonyl (C=O) groups is 3. The van der Waals surface area contributed by atoms with Crippen molar-refractivity contribution in [2.45, 2.75) is 46.1 Å². The monoisotopic (exact) mass is 557 g/mol. The van der Waals surface area contributed by atoms with Gasteiger partial charge in [0.05, 0.1) is 11.4 Å². The van der Waals surface area contributed by atoms with Crippen molar-refractivity contribution in [3.8, 4) is 0 Å². The Balaban J connectivity index is 1.30. The third kappa shape index (κ3) is 6.73. The van der Waals surface area contributed by atoms with Crippen LogP contribution >= 0.6 is 0 Å². The molecule has 2 aromatic carbocycles. The lowest BCUT2D eigenvalue weighted by Gasteiger charge is -2.38. The maximum absolute atomic E-state index is 13.2. The van der Waals surface area contributed by atoms with Crippen LogP contribution in [0.5, 0.6) is 0 Å². The quantitative estimate of drug-likeness (QED) is 0.399. The smallest absolute Gasteiger partial charge is 0.291 e. The van der Waals surface area contributed by atoms with Gasteiger partial charge in [-0.2, -0.15) is 0 Å². The molecule has 9 heteroatoms. The fourth-order valence-electron chi connectivity index (χ4n) is 5.57. The van der Waals surface area contributed by atoms with Gasteiger partial charge >= 0.3 is 0 Å². The van der Waals surface area contributed by atoms with E-state index in [4.69, 9.17) is 4.42 Å². The highest BCUT2D eigenvalue weighted by atomic mass is 16.3. The molecule has 0 aliphatic carbocycles. The number of hydrogen-bond donors (Lipinski definition) is 2. The molecule has 2 aliphatic heterocycles. The fraction of sp³-hybridized carbons (Fsp3) is 0.406. The zero-order chi connectivity index (χ0) is 28.9. The number of aryl methyl sites for hydroxylation is 2. The van der Waals surface area contributed by atoms with Gasteiger partial charge in [0, 0.05) is 63.0 Å². The molecule has 3 heterocycles. The van der Waals surface area contributed by atoms with Gasteiger partial charge in [-0.25, -0.2) is 0 Å². The standard InChI is InChI=1S/C32H39N5O4/c1-22-7-4-5-8-27(22)35-17-19-36(20-18-35)28-12-11-25(21-26(28)34-32(40)29-13-10-24(3)41-29)31(39)33-23(2)14-16-37-15-6-9-30(37)38/h4-5,7-8,10-13,21,23H,6,9,14-20H2,1-3H3,(H,33,39)(H,34,40). The molecular weight excluding hydrogens is 518 g/mol. The van der Waals surface area contributed by atoms with Crippen molar-refractivity contribution in [2.75, 3.05) is 54.4 Å². The van der Waals surface area contributed by atoms with Crippen LogP contribution in [0.15, 0.2) is 59.0 Å². The van der Waals surface area contributed by atoms with E-state index in [1.807, 2.05) is 24.0 Å². The Morgan fingerprint density at radius 2 is 1.63 bits per heavy atom. The van der Waals surface area contributed by atoms with Crippen molar-refractivity contribution < 1.29 is 18.8 Å². The van der Waals surface area contributed by atoms with Crippen molar-refractivity contribution in [1.82, 2.24) is 10.2 Å². The Labute approximate surface area is 241 Å². The summed E-state index contributed by atoms with van der Waals surface area (Å²) in [5, 5.41) is 6.04. The molecule has 5 rings (SSSR count). The van der Waals surface area contributed by atoms with Crippen LogP contribution in [0.2, 0.25) is 0 Å². The lowest BCUT2D eigenvalue weighted by molar-refractivity contribution is -0.127. The molecule has 9 nitrogen and oxygen atoms in total. The zero-order valence-electron chi connectivity index (χ0n) is 24.1. The van der Waals surface area contributed by atoms with E-state index in [-0.39, 0.29) is 29.5 Å². The maximum atomic E-state index is 13.2. The minimum absolute atomic E-state index is 0.103. The van der Waals surface area contributed by atoms with Crippen LogP contribution < -0.4 is 20.4 Å². The molecule has 41 heavy (non-hydrogen) atoms. The van der Waals surface area contributed by atoms with E-state index in [0.29, 0.717) is 36.4 Å². The first-order valence-corrected chi connectivity index (χ1v) is 14.4. The van der Waals surface area contributed by atoms with E-state index >= 15 is 0 Å². The SMILES string of the molecule is Cc1ccc(C(=O)Nc2cc(C(=O)NC(C)CCN3CCCC3=O)ccc2N2CCN(c3ccccc3C)CC2)o1. The van der Waals surface area contributed by atoms with E-state index < -0.39 is 0 Å². The molecule has 1 aromatic heterocycles. The number of para-hydroxylation sites is 1. The van der Waals surface area contributed by atoms with E-state index in [0.717, 1.165) is 44.8 Å². The summed E-state index contributed by atoms with van der Waals surface area (Å²) in [6.07, 6.45) is 2.20. The first kappa shape index (κ1) is 28.3. The first-order chi connectivity index (χ1) is 19.8. The second kappa shape index (κ2) is 12.5. The van der Waals surface area contributed by atoms with E-state index in [9.17, 15) is 14.4 Å². The molecule has 0 bridgehead atoms. The van der Waals surface area contributed by atoms with Gasteiger partial charge in [-0.05, 0) is 75.6 Å². The summed E-state index contributed by atoms with van der Waals surface area (Å²) in [6.45, 7) is 10.5. The van der Waals surface area contributed by atoms with Gasteiger partial charge in [0.2, 0.25) is 5.91 Å². The summed E-state index contributed by atoms with van der Waals surface area (Å²) >= 11 is 0. The first-order valence-electron chi connectivity index (χ1n) is 14.4. The largest absolute Gasteiger partial charge is 0.456 e. The number of hydrogen-bond acceptors (Lipinski definition) is 6. The van der Waals surface area contributed by atoms with Crippen LogP contribution in [0.4, 0.5) is 17.1 Å². The van der Waals surface area contributed by atoms with Crippen LogP contribution in [0, 0.1) is 13.8 Å². The third-order valence-corrected chi connectivity index (χ3v) is 7.93. The van der Waals surface area contributed by atoms with Gasteiger partial charge in [0.1, 0.15) is 5.76 Å². The van der Waals surface area contributed by atoms with Crippen LogP contribution in [-0.2, 0) is 4.79 Å². The molecule has 1 unspecified atom stereocenters. The topological polar surface area (TPSA) is 98.1 Å². The highest BCUT2D eigenvalue weighted by molar-refractivity contribution is 6.05. The predicted octanol–water partition coefficient (Wildman–Crippen LogP) is 4.61. The Morgan fingerprint density at radius 3 is 2.29 bits per heavy atom. The number of carbonyl (C=O) groups excluding carboxylic acids is 3. The molecule has 0 spiro atoms. The zero-order valence-corrected chi connectivity index (χ0v) is 24.1. The number of rotatable bonds is 9. The molecule has 1 atom stereocenters. The van der Waals surface area contributed by atoms with E-state index in [2.05, 4.69) is 51.6 Å². The number of piperazine rings is 1. The van der Waals surface area contributed by atoms with Gasteiger partial charge in [-0.1, -0.05) is 18.2 Å². The van der Waals surface area contributed by atoms with Crippen LogP contribution in [-0.4, -0.2) is 67.9 Å². The number of anilines is 3. The van der Waals surface area contributed by atoms with Crippen molar-refractivity contribution in [1.29, 1.82) is 0 Å². The van der Waals surface area contributed by atoms with E-state index in [1.165, 1.54) is 11.3 Å². The van der Waals surface area contributed by atoms with Gasteiger partial charge < -0.3 is 29.8 Å². The Kier molecular flexibility index (Phi) is 8.61. The molecule has 3 aromatic rings. The summed E-state index contributed by atoms with van der Waals surface area (Å²) in [5.41, 5.74) is 4.38. The normalized spacial score (nSPS) is 16.2. The van der Waals surface area contributed by atoms with Crippen LogP contribution in [0.3, 0.4) is 0 Å². The second-order valence-electron chi connectivity index (χ2n) is 11.0. The Bertz CT molecular complexity index is 1410. The van der Waals surface area contributed by atoms with Gasteiger partial charge in [0.15, 0.2) is 5.76 Å². The number of nitrogens with one attached hydrogen (secondary N) is 2. The molecule has 3 amide bonds. The number of furan rings is 1. The molecule has 2 fully saturated rings. The summed E-state index contributed by atoms with van der Waals surface area (Å²) in [6, 6.07) is 17.2. The molecule has 0 radical (unpaired) electrons. The Hall–Kier alpha value is -4.27. The molecule has 2 saturated heterocycles. The van der Waals surface area contributed by atoms with Crippen molar-refractivity contribution in [3.05, 3.63) is 77.2 Å². The van der Waals surface area contributed by atoms with Crippen molar-refractivity contribution in [2.24, 2.45) is 0 Å². The minimum atomic E-state index is -0.362. The third-order valence-electron chi connectivity index (χ3n) is 7.93. The Morgan fingerprint density at radius 1 is 0.902 bits per heavy atom. The maximum Gasteiger partial charge on any atom is 0.291 e. The average molecular weight is 558 g/mol. The highest BCUT2D eigenvalue weighted by Gasteiger charge is 2.24. The number of benzene rings is 2. The number of amides is 3. The van der Waals surface area contributed by atoms with Crippen LogP contribution in [0.25, 0.3) is 0 Å². The number of nitrogens with zero attached hydrogens (tertiary/aromatic N) is 3. The van der Waals surface area contributed by atoms with Gasteiger partial charge in [0.25, 0.3) is 11.8 Å². The van der Waals surface area contributed by atoms with E-state index in [1.54, 1.807) is 25.1 Å². The van der Waals surface area contributed by atoms with Crippen LogP contribution in [0.1, 0.15) is 58.4 Å². The molecular formula is C32H39N5O4. The lowest BCUT2D eigenvalue weighted by atomic mass is 10.1. The summed E-state index contributed by atoms with van der Waals surface area (Å²) in [5.74, 6) is 0.480. The fourth-order valence-corrected chi connectivity index (χ4v) is 5.57. The minimum Gasteiger partial charge on any atom is -0.456 e. The lowest BCUT2D eigenvalue weighted by Crippen LogP contribution is -2.47. The molecule has 0 saturated carbocycles. The summed E-state index contributed by atoms with van der Waals surface area (Å²) < 4.78 is 5.54. The molecule has 216 valence electrons. The molecule has 2 N–H and O–H groups in total. The van der Waals surface area contributed by atoms with Gasteiger partial charge in [-0.3, -0.25) is 14.4 Å². The second-order valence-corrected chi connectivity index (χ2v) is 11.0. The molecule has 2 aliphatic rings. The summed E-state index contributed by atoms with van der Waals surface area (Å²) in [4.78, 5) is 44.7. The highest BCUT2D eigenvalue weighted by Crippen LogP contribution is 2.30. The van der Waals surface area contributed by atoms with Gasteiger partial charge in [-0.15, -0.1) is 0 Å². The summed E-state index contributed by atoms with van der Waals surface area (Å²) in [7, 11) is 0. The van der Waals surface area contributed by atoms with Crippen molar-refractivity contribution >= 4 is 34.8 Å². The number of likely N-dealkylation sites (tertiary alicyclic amines) is 1. The van der Waals surface area contributed by atoms with Crippen molar-refractivity contribution in [3.63, 3.8) is 0 Å².